The Labute approximate surface area is 148 Å². The van der Waals surface area contributed by atoms with Crippen LogP contribution in [0.4, 0.5) is 10.1 Å². The summed E-state index contributed by atoms with van der Waals surface area (Å²) in [5.41, 5.74) is -0.283. The zero-order chi connectivity index (χ0) is 18.0. The number of benzene rings is 1. The molecule has 2 aliphatic rings. The van der Waals surface area contributed by atoms with Crippen molar-refractivity contribution in [3.8, 4) is 0 Å². The van der Waals surface area contributed by atoms with Crippen LogP contribution in [-0.4, -0.2) is 48.9 Å². The minimum absolute atomic E-state index is 0.0681. The molecule has 1 saturated heterocycles. The first-order chi connectivity index (χ1) is 12.0. The number of para-hydroxylation sites is 1. The molecule has 2 fully saturated rings. The quantitative estimate of drug-likeness (QED) is 0.831. The molecule has 6 heteroatoms. The number of nitrogens with one attached hydrogen (secondary N) is 1. The Morgan fingerprint density at radius 1 is 1.20 bits per heavy atom. The third kappa shape index (κ3) is 3.48. The lowest BCUT2D eigenvalue weighted by Gasteiger charge is -2.37. The molecule has 1 aromatic carbocycles. The first-order valence-electron chi connectivity index (χ1n) is 9.08. The number of carbonyl (C=O) groups is 2. The van der Waals surface area contributed by atoms with Crippen molar-refractivity contribution in [2.24, 2.45) is 5.41 Å². The number of anilines is 1. The highest BCUT2D eigenvalue weighted by atomic mass is 19.1. The molecule has 0 spiro atoms. The van der Waals surface area contributed by atoms with Gasteiger partial charge in [-0.3, -0.25) is 9.59 Å². The monoisotopic (exact) mass is 347 g/mol. The topological polar surface area (TPSA) is 52.7 Å². The molecule has 0 bridgehead atoms. The number of hydrogen-bond acceptors (Lipinski definition) is 3. The van der Waals surface area contributed by atoms with Crippen LogP contribution in [0, 0.1) is 11.2 Å². The molecular weight excluding hydrogens is 321 g/mol. The Hall–Kier alpha value is -2.11. The second-order valence-electron chi connectivity index (χ2n) is 7.10. The van der Waals surface area contributed by atoms with Crippen LogP contribution in [0.1, 0.15) is 33.1 Å². The van der Waals surface area contributed by atoms with Crippen LogP contribution >= 0.6 is 0 Å². The molecule has 0 aromatic heterocycles. The van der Waals surface area contributed by atoms with Gasteiger partial charge in [0.1, 0.15) is 11.2 Å². The molecule has 1 atom stereocenters. The van der Waals surface area contributed by atoms with Gasteiger partial charge in [-0.05, 0) is 38.3 Å². The number of carbonyl (C=O) groups excluding carboxylic acids is 2. The summed E-state index contributed by atoms with van der Waals surface area (Å²) in [4.78, 5) is 29.1. The van der Waals surface area contributed by atoms with Crippen molar-refractivity contribution >= 4 is 17.5 Å². The molecule has 1 N–H and O–H groups in total. The fourth-order valence-electron chi connectivity index (χ4n) is 3.29. The van der Waals surface area contributed by atoms with E-state index in [4.69, 9.17) is 0 Å². The van der Waals surface area contributed by atoms with Crippen molar-refractivity contribution in [1.82, 2.24) is 10.2 Å². The van der Waals surface area contributed by atoms with E-state index in [1.54, 1.807) is 17.0 Å². The molecule has 2 amide bonds. The fourth-order valence-corrected chi connectivity index (χ4v) is 3.29. The average Bonchev–Trinajstić information content (AvgIpc) is 3.43. The molecule has 1 heterocycles. The Morgan fingerprint density at radius 3 is 2.40 bits per heavy atom. The zero-order valence-electron chi connectivity index (χ0n) is 14.9. The molecule has 1 aromatic rings. The largest absolute Gasteiger partial charge is 0.366 e. The van der Waals surface area contributed by atoms with Crippen LogP contribution in [0.2, 0.25) is 0 Å². The van der Waals surface area contributed by atoms with Gasteiger partial charge in [-0.25, -0.2) is 4.39 Å². The van der Waals surface area contributed by atoms with E-state index in [2.05, 4.69) is 5.32 Å². The van der Waals surface area contributed by atoms with E-state index in [1.165, 1.54) is 6.07 Å². The molecule has 1 aliphatic heterocycles. The lowest BCUT2D eigenvalue weighted by atomic mass is 10.0. The Morgan fingerprint density at radius 2 is 1.84 bits per heavy atom. The number of amides is 2. The van der Waals surface area contributed by atoms with E-state index in [-0.39, 0.29) is 23.7 Å². The van der Waals surface area contributed by atoms with E-state index in [0.717, 1.165) is 6.42 Å². The molecule has 1 unspecified atom stereocenters. The van der Waals surface area contributed by atoms with Gasteiger partial charge in [0.05, 0.1) is 5.69 Å². The maximum Gasteiger partial charge on any atom is 0.238 e. The van der Waals surface area contributed by atoms with Gasteiger partial charge in [-0.2, -0.15) is 0 Å². The molecule has 136 valence electrons. The van der Waals surface area contributed by atoms with E-state index in [1.807, 2.05) is 24.8 Å². The van der Waals surface area contributed by atoms with Crippen molar-refractivity contribution in [2.75, 3.05) is 31.1 Å². The number of piperazine rings is 1. The fraction of sp³-hybridized carbons (Fsp3) is 0.579. The molecule has 1 saturated carbocycles. The second-order valence-corrected chi connectivity index (χ2v) is 7.10. The SMILES string of the molecule is CCC(C)NC(=O)C1(C(=O)N2CCN(c3ccccc3F)CC2)CC1. The molecule has 3 rings (SSSR count). The smallest absolute Gasteiger partial charge is 0.238 e. The molecule has 5 nitrogen and oxygen atoms in total. The number of rotatable bonds is 5. The number of nitrogens with zero attached hydrogens (tertiary/aromatic N) is 2. The number of halogens is 1. The molecule has 0 radical (unpaired) electrons. The lowest BCUT2D eigenvalue weighted by Crippen LogP contribution is -2.54. The maximum absolute atomic E-state index is 13.9. The van der Waals surface area contributed by atoms with Crippen molar-refractivity contribution in [3.63, 3.8) is 0 Å². The first kappa shape index (κ1) is 17.7. The highest BCUT2D eigenvalue weighted by molar-refractivity contribution is 6.08. The van der Waals surface area contributed by atoms with Gasteiger partial charge in [0.15, 0.2) is 0 Å². The van der Waals surface area contributed by atoms with Crippen LogP contribution in [0.15, 0.2) is 24.3 Å². The van der Waals surface area contributed by atoms with Crippen molar-refractivity contribution in [2.45, 2.75) is 39.2 Å². The van der Waals surface area contributed by atoms with E-state index < -0.39 is 5.41 Å². The van der Waals surface area contributed by atoms with E-state index in [9.17, 15) is 14.0 Å². The van der Waals surface area contributed by atoms with Crippen LogP contribution in [0.5, 0.6) is 0 Å². The summed E-state index contributed by atoms with van der Waals surface area (Å²) in [7, 11) is 0. The van der Waals surface area contributed by atoms with E-state index in [0.29, 0.717) is 44.7 Å². The average molecular weight is 347 g/mol. The maximum atomic E-state index is 13.9. The van der Waals surface area contributed by atoms with E-state index >= 15 is 0 Å². The summed E-state index contributed by atoms with van der Waals surface area (Å²) in [5.74, 6) is -0.446. The Kier molecular flexibility index (Phi) is 4.97. The molecule has 25 heavy (non-hydrogen) atoms. The molecule has 1 aliphatic carbocycles. The van der Waals surface area contributed by atoms with Crippen LogP contribution in [0.25, 0.3) is 0 Å². The predicted octanol–water partition coefficient (Wildman–Crippen LogP) is 2.17. The lowest BCUT2D eigenvalue weighted by molar-refractivity contribution is -0.144. The first-order valence-corrected chi connectivity index (χ1v) is 9.08. The van der Waals surface area contributed by atoms with Gasteiger partial charge in [0.2, 0.25) is 11.8 Å². The van der Waals surface area contributed by atoms with Gasteiger partial charge < -0.3 is 15.1 Å². The van der Waals surface area contributed by atoms with Crippen molar-refractivity contribution < 1.29 is 14.0 Å². The van der Waals surface area contributed by atoms with Crippen molar-refractivity contribution in [3.05, 3.63) is 30.1 Å². The minimum atomic E-state index is -0.858. The number of hydrogen-bond donors (Lipinski definition) is 1. The van der Waals surface area contributed by atoms with Gasteiger partial charge in [0.25, 0.3) is 0 Å². The summed E-state index contributed by atoms with van der Waals surface area (Å²) < 4.78 is 13.9. The molecular formula is C19H26FN3O2. The van der Waals surface area contributed by atoms with Crippen molar-refractivity contribution in [1.29, 1.82) is 0 Å². The Bertz CT molecular complexity index is 652. The van der Waals surface area contributed by atoms with Gasteiger partial charge in [-0.15, -0.1) is 0 Å². The third-order valence-electron chi connectivity index (χ3n) is 5.34. The third-order valence-corrected chi connectivity index (χ3v) is 5.34. The zero-order valence-corrected chi connectivity index (χ0v) is 14.9. The summed E-state index contributed by atoms with van der Waals surface area (Å²) >= 11 is 0. The van der Waals surface area contributed by atoms with Crippen LogP contribution in [0.3, 0.4) is 0 Å². The van der Waals surface area contributed by atoms with Crippen LogP contribution < -0.4 is 10.2 Å². The standard InChI is InChI=1S/C19H26FN3O2/c1-3-14(2)21-17(24)19(8-9-19)18(25)23-12-10-22(11-13-23)16-7-5-4-6-15(16)20/h4-7,14H,3,8-13H2,1-2H3,(H,21,24). The predicted molar refractivity (Wildman–Crippen MR) is 94.8 cm³/mol. The minimum Gasteiger partial charge on any atom is -0.366 e. The summed E-state index contributed by atoms with van der Waals surface area (Å²) in [5, 5.41) is 2.95. The second kappa shape index (κ2) is 7.02. The van der Waals surface area contributed by atoms with Gasteiger partial charge in [-0.1, -0.05) is 19.1 Å². The van der Waals surface area contributed by atoms with Gasteiger partial charge in [0, 0.05) is 32.2 Å². The summed E-state index contributed by atoms with van der Waals surface area (Å²) in [6, 6.07) is 6.77. The summed E-state index contributed by atoms with van der Waals surface area (Å²) in [6.45, 7) is 6.16. The highest BCUT2D eigenvalue weighted by Gasteiger charge is 2.58. The summed E-state index contributed by atoms with van der Waals surface area (Å²) in [6.07, 6.45) is 2.10. The van der Waals surface area contributed by atoms with Gasteiger partial charge >= 0.3 is 0 Å². The Balaban J connectivity index is 1.60. The normalized spacial score (nSPS) is 20.1. The highest BCUT2D eigenvalue weighted by Crippen LogP contribution is 2.47. The van der Waals surface area contributed by atoms with Crippen LogP contribution in [-0.2, 0) is 9.59 Å².